The van der Waals surface area contributed by atoms with Crippen molar-refractivity contribution in [1.82, 2.24) is 14.9 Å². The molecule has 1 aromatic heterocycles. The highest BCUT2D eigenvalue weighted by Crippen LogP contribution is 2.23. The van der Waals surface area contributed by atoms with Gasteiger partial charge >= 0.3 is 0 Å². The Bertz CT molecular complexity index is 894. The highest BCUT2D eigenvalue weighted by atomic mass is 35.5. The van der Waals surface area contributed by atoms with Gasteiger partial charge in [0.2, 0.25) is 0 Å². The topological polar surface area (TPSA) is 38.2 Å². The number of hydrogen-bond acceptors (Lipinski definition) is 4. The predicted octanol–water partition coefficient (Wildman–Crippen LogP) is 4.36. The number of halogens is 1. The van der Waals surface area contributed by atoms with E-state index >= 15 is 0 Å². The van der Waals surface area contributed by atoms with Crippen molar-refractivity contribution < 1.29 is 4.74 Å². The molecule has 5 heteroatoms. The van der Waals surface area contributed by atoms with Crippen molar-refractivity contribution in [3.05, 3.63) is 76.6 Å². The summed E-state index contributed by atoms with van der Waals surface area (Å²) in [7, 11) is 1.69. The molecule has 1 aliphatic heterocycles. The lowest BCUT2D eigenvalue weighted by molar-refractivity contribution is 0.241. The molecule has 0 bridgehead atoms. The van der Waals surface area contributed by atoms with Gasteiger partial charge in [-0.1, -0.05) is 23.7 Å². The molecule has 0 fully saturated rings. The summed E-state index contributed by atoms with van der Waals surface area (Å²) in [6, 6.07) is 15.9. The minimum atomic E-state index is 0.720. The van der Waals surface area contributed by atoms with Crippen LogP contribution in [-0.4, -0.2) is 28.5 Å². The van der Waals surface area contributed by atoms with E-state index in [1.165, 1.54) is 11.1 Å². The highest BCUT2D eigenvalue weighted by molar-refractivity contribution is 6.30. The largest absolute Gasteiger partial charge is 0.497 e. The molecule has 2 heterocycles. The van der Waals surface area contributed by atoms with Crippen LogP contribution in [0.15, 0.2) is 54.7 Å². The van der Waals surface area contributed by atoms with Gasteiger partial charge in [-0.15, -0.1) is 0 Å². The number of aromatic nitrogens is 2. The molecule has 0 aliphatic carbocycles. The molecule has 0 N–H and O–H groups in total. The molecule has 2 aromatic carbocycles. The summed E-state index contributed by atoms with van der Waals surface area (Å²) in [4.78, 5) is 11.8. The molecular weight excluding hydrogens is 346 g/mol. The van der Waals surface area contributed by atoms with Crippen LogP contribution in [0.4, 0.5) is 0 Å². The minimum absolute atomic E-state index is 0.720. The Kier molecular flexibility index (Phi) is 4.87. The van der Waals surface area contributed by atoms with Crippen LogP contribution in [-0.2, 0) is 19.5 Å². The molecule has 4 nitrogen and oxygen atoms in total. The summed E-state index contributed by atoms with van der Waals surface area (Å²) in [6.07, 6.45) is 2.95. The van der Waals surface area contributed by atoms with Gasteiger partial charge in [0.25, 0.3) is 0 Å². The van der Waals surface area contributed by atoms with E-state index in [1.54, 1.807) is 7.11 Å². The molecule has 0 spiro atoms. The van der Waals surface area contributed by atoms with Gasteiger partial charge in [0, 0.05) is 36.4 Å². The van der Waals surface area contributed by atoms with E-state index in [0.717, 1.165) is 53.9 Å². The summed E-state index contributed by atoms with van der Waals surface area (Å²) in [6.45, 7) is 2.76. The fourth-order valence-electron chi connectivity index (χ4n) is 3.22. The molecule has 0 atom stereocenters. The summed E-state index contributed by atoms with van der Waals surface area (Å²) < 4.78 is 5.23. The van der Waals surface area contributed by atoms with Crippen LogP contribution in [0, 0.1) is 0 Å². The quantitative estimate of drug-likeness (QED) is 0.688. The molecule has 0 amide bonds. The smallest absolute Gasteiger partial charge is 0.159 e. The van der Waals surface area contributed by atoms with Crippen molar-refractivity contribution in [2.75, 3.05) is 13.7 Å². The number of fused-ring (bicyclic) bond motifs is 1. The second kappa shape index (κ2) is 7.44. The molecule has 4 rings (SSSR count). The van der Waals surface area contributed by atoms with Crippen molar-refractivity contribution in [3.8, 4) is 17.1 Å². The summed E-state index contributed by atoms with van der Waals surface area (Å²) in [5.41, 5.74) is 4.63. The first-order valence-electron chi connectivity index (χ1n) is 8.67. The monoisotopic (exact) mass is 365 g/mol. The fourth-order valence-corrected chi connectivity index (χ4v) is 3.35. The van der Waals surface area contributed by atoms with Crippen LogP contribution in [0.5, 0.6) is 5.75 Å². The zero-order valence-corrected chi connectivity index (χ0v) is 15.4. The van der Waals surface area contributed by atoms with Gasteiger partial charge in [0.1, 0.15) is 5.75 Å². The highest BCUT2D eigenvalue weighted by Gasteiger charge is 2.19. The fraction of sp³-hybridized carbons (Fsp3) is 0.238. The molecule has 0 saturated carbocycles. The molecule has 0 unspecified atom stereocenters. The Balaban J connectivity index is 1.51. The summed E-state index contributed by atoms with van der Waals surface area (Å²) in [5, 5.41) is 0.720. The predicted molar refractivity (Wildman–Crippen MR) is 103 cm³/mol. The van der Waals surface area contributed by atoms with Gasteiger partial charge < -0.3 is 4.74 Å². The summed E-state index contributed by atoms with van der Waals surface area (Å²) in [5.74, 6) is 1.64. The number of nitrogens with zero attached hydrogens (tertiary/aromatic N) is 3. The average Bonchev–Trinajstić information content (AvgIpc) is 2.68. The van der Waals surface area contributed by atoms with E-state index in [-0.39, 0.29) is 0 Å². The second-order valence-electron chi connectivity index (χ2n) is 6.48. The third-order valence-electron chi connectivity index (χ3n) is 4.69. The van der Waals surface area contributed by atoms with Gasteiger partial charge in [-0.3, -0.25) is 4.90 Å². The number of rotatable bonds is 4. The van der Waals surface area contributed by atoms with Crippen LogP contribution in [0.1, 0.15) is 16.8 Å². The molecule has 1 aliphatic rings. The first kappa shape index (κ1) is 17.0. The lowest BCUT2D eigenvalue weighted by atomic mass is 10.1. The maximum absolute atomic E-state index is 5.97. The zero-order chi connectivity index (χ0) is 17.9. The first-order valence-corrected chi connectivity index (χ1v) is 9.05. The van der Waals surface area contributed by atoms with Crippen molar-refractivity contribution in [2.24, 2.45) is 0 Å². The standard InChI is InChI=1S/C21H20ClN3O/c1-26-19-8-2-15(3-9-19)13-25-11-10-17-12-23-21(24-20(17)14-25)16-4-6-18(22)7-5-16/h2-9,12H,10-11,13-14H2,1H3. The third kappa shape index (κ3) is 3.71. The Labute approximate surface area is 158 Å². The van der Waals surface area contributed by atoms with E-state index in [2.05, 4.69) is 22.0 Å². The van der Waals surface area contributed by atoms with E-state index in [0.29, 0.717) is 0 Å². The minimum Gasteiger partial charge on any atom is -0.497 e. The van der Waals surface area contributed by atoms with Crippen molar-refractivity contribution in [2.45, 2.75) is 19.5 Å². The molecule has 132 valence electrons. The van der Waals surface area contributed by atoms with Crippen molar-refractivity contribution in [3.63, 3.8) is 0 Å². The Morgan fingerprint density at radius 2 is 1.85 bits per heavy atom. The van der Waals surface area contributed by atoms with E-state index < -0.39 is 0 Å². The molecule has 3 aromatic rings. The molecule has 0 radical (unpaired) electrons. The van der Waals surface area contributed by atoms with Crippen LogP contribution in [0.2, 0.25) is 5.02 Å². The zero-order valence-electron chi connectivity index (χ0n) is 14.7. The van der Waals surface area contributed by atoms with E-state index in [1.807, 2.05) is 42.6 Å². The number of benzene rings is 2. The van der Waals surface area contributed by atoms with Crippen LogP contribution < -0.4 is 4.74 Å². The maximum atomic E-state index is 5.97. The van der Waals surface area contributed by atoms with E-state index in [9.17, 15) is 0 Å². The normalized spacial score (nSPS) is 14.1. The van der Waals surface area contributed by atoms with Crippen LogP contribution in [0.3, 0.4) is 0 Å². The molecule has 0 saturated heterocycles. The lowest BCUT2D eigenvalue weighted by Gasteiger charge is -2.28. The lowest BCUT2D eigenvalue weighted by Crippen LogP contribution is -2.31. The average molecular weight is 366 g/mol. The first-order chi connectivity index (χ1) is 12.7. The van der Waals surface area contributed by atoms with Gasteiger partial charge in [-0.05, 0) is 53.9 Å². The summed E-state index contributed by atoms with van der Waals surface area (Å²) >= 11 is 5.97. The molecular formula is C21H20ClN3O. The van der Waals surface area contributed by atoms with Gasteiger partial charge in [-0.2, -0.15) is 0 Å². The van der Waals surface area contributed by atoms with Gasteiger partial charge in [-0.25, -0.2) is 9.97 Å². The maximum Gasteiger partial charge on any atom is 0.159 e. The van der Waals surface area contributed by atoms with E-state index in [4.69, 9.17) is 21.3 Å². The SMILES string of the molecule is COc1ccc(CN2CCc3cnc(-c4ccc(Cl)cc4)nc3C2)cc1. The second-order valence-corrected chi connectivity index (χ2v) is 6.92. The number of ether oxygens (including phenoxy) is 1. The van der Waals surface area contributed by atoms with Crippen LogP contribution in [0.25, 0.3) is 11.4 Å². The third-order valence-corrected chi connectivity index (χ3v) is 4.94. The molecule has 26 heavy (non-hydrogen) atoms. The van der Waals surface area contributed by atoms with Gasteiger partial charge in [0.15, 0.2) is 5.82 Å². The van der Waals surface area contributed by atoms with Crippen molar-refractivity contribution in [1.29, 1.82) is 0 Å². The number of hydrogen-bond donors (Lipinski definition) is 0. The Morgan fingerprint density at radius 1 is 1.08 bits per heavy atom. The Hall–Kier alpha value is -2.43. The van der Waals surface area contributed by atoms with Gasteiger partial charge in [0.05, 0.1) is 12.8 Å². The Morgan fingerprint density at radius 3 is 2.58 bits per heavy atom. The van der Waals surface area contributed by atoms with Crippen LogP contribution >= 0.6 is 11.6 Å². The van der Waals surface area contributed by atoms with Crippen molar-refractivity contribution >= 4 is 11.6 Å². The number of methoxy groups -OCH3 is 1.